The Labute approximate surface area is 157 Å². The molecule has 0 radical (unpaired) electrons. The normalized spacial score (nSPS) is 11.5. The van der Waals surface area contributed by atoms with Gasteiger partial charge < -0.3 is 0 Å². The maximum absolute atomic E-state index is 13.2. The maximum Gasteiger partial charge on any atom is 0.336 e. The van der Waals surface area contributed by atoms with Gasteiger partial charge in [-0.2, -0.15) is 13.1 Å². The first-order chi connectivity index (χ1) is 11.7. The molecule has 0 aliphatic carbocycles. The number of carbonyl (C=O) groups excluding carboxylic acids is 1. The number of thiazole rings is 1. The zero-order chi connectivity index (χ0) is 18.6. The summed E-state index contributed by atoms with van der Waals surface area (Å²) >= 11 is 12.9. The molecule has 0 bridgehead atoms. The van der Waals surface area contributed by atoms with E-state index in [1.165, 1.54) is 12.1 Å². The van der Waals surface area contributed by atoms with Crippen molar-refractivity contribution in [1.29, 1.82) is 0 Å². The molecule has 1 heterocycles. The van der Waals surface area contributed by atoms with Gasteiger partial charge in [0.05, 0.1) is 5.02 Å². The van der Waals surface area contributed by atoms with Gasteiger partial charge in [0.15, 0.2) is 5.13 Å². The first kappa shape index (κ1) is 20.0. The van der Waals surface area contributed by atoms with Crippen molar-refractivity contribution in [2.45, 2.75) is 6.42 Å². The third-order valence-electron chi connectivity index (χ3n) is 2.84. The lowest BCUT2D eigenvalue weighted by Crippen LogP contribution is -2.27. The van der Waals surface area contributed by atoms with Gasteiger partial charge in [-0.05, 0) is 17.7 Å². The summed E-state index contributed by atoms with van der Waals surface area (Å²) in [6.45, 7) is -0.705. The van der Waals surface area contributed by atoms with Crippen LogP contribution in [0.1, 0.15) is 10.4 Å². The van der Waals surface area contributed by atoms with Gasteiger partial charge in [0.25, 0.3) is 5.91 Å². The molecule has 2 rings (SSSR count). The van der Waals surface area contributed by atoms with Gasteiger partial charge in [-0.3, -0.25) is 10.1 Å². The van der Waals surface area contributed by atoms with Gasteiger partial charge in [0, 0.05) is 18.3 Å². The van der Waals surface area contributed by atoms with Crippen LogP contribution in [0.2, 0.25) is 10.2 Å². The SMILES string of the molecule is CNS(=O)(=O)OCC(=O)Nc1nc(Cl)c(Cc2ccc(F)c(Cl)c2)s1. The average Bonchev–Trinajstić information content (AvgIpc) is 2.88. The summed E-state index contributed by atoms with van der Waals surface area (Å²) in [5.41, 5.74) is 0.721. The average molecular weight is 428 g/mol. The first-order valence-electron chi connectivity index (χ1n) is 6.67. The summed E-state index contributed by atoms with van der Waals surface area (Å²) in [5, 5.41) is 2.74. The Bertz CT molecular complexity index is 889. The Balaban J connectivity index is 2.01. The fraction of sp³-hybridized carbons (Fsp3) is 0.231. The molecule has 136 valence electrons. The number of aromatic nitrogens is 1. The van der Waals surface area contributed by atoms with Crippen LogP contribution in [0.3, 0.4) is 0 Å². The second kappa shape index (κ2) is 8.39. The second-order valence-corrected chi connectivity index (χ2v) is 8.03. The smallest absolute Gasteiger partial charge is 0.300 e. The van der Waals surface area contributed by atoms with Crippen molar-refractivity contribution in [3.8, 4) is 0 Å². The Morgan fingerprint density at radius 2 is 2.12 bits per heavy atom. The predicted molar refractivity (Wildman–Crippen MR) is 93.9 cm³/mol. The number of halogens is 3. The number of nitrogens with zero attached hydrogens (tertiary/aromatic N) is 1. The number of anilines is 1. The van der Waals surface area contributed by atoms with Crippen LogP contribution in [0.25, 0.3) is 0 Å². The van der Waals surface area contributed by atoms with Gasteiger partial charge in [0.1, 0.15) is 17.6 Å². The molecule has 1 amide bonds. The van der Waals surface area contributed by atoms with E-state index >= 15 is 0 Å². The molecule has 0 saturated carbocycles. The van der Waals surface area contributed by atoms with Crippen molar-refractivity contribution >= 4 is 55.9 Å². The van der Waals surface area contributed by atoms with E-state index < -0.39 is 28.6 Å². The van der Waals surface area contributed by atoms with Gasteiger partial charge in [-0.15, -0.1) is 0 Å². The third kappa shape index (κ3) is 5.87. The molecule has 0 fully saturated rings. The van der Waals surface area contributed by atoms with Crippen LogP contribution in [0.4, 0.5) is 9.52 Å². The van der Waals surface area contributed by atoms with Gasteiger partial charge >= 0.3 is 10.3 Å². The summed E-state index contributed by atoms with van der Waals surface area (Å²) in [6, 6.07) is 4.28. The number of hydrogen-bond acceptors (Lipinski definition) is 6. The van der Waals surface area contributed by atoms with E-state index in [1.807, 2.05) is 4.72 Å². The molecule has 0 atom stereocenters. The summed E-state index contributed by atoms with van der Waals surface area (Å²) in [6.07, 6.45) is 0.344. The molecule has 2 N–H and O–H groups in total. The standard InChI is InChI=1S/C13H12Cl2FN3O4S2/c1-17-25(21,22)23-6-11(20)18-13-19-12(15)10(24-13)5-7-2-3-9(16)8(14)4-7/h2-4,17H,5-6H2,1H3,(H,18,19,20). The van der Waals surface area contributed by atoms with Crippen molar-refractivity contribution in [3.63, 3.8) is 0 Å². The van der Waals surface area contributed by atoms with Crippen molar-refractivity contribution in [3.05, 3.63) is 44.6 Å². The molecular formula is C13H12Cl2FN3O4S2. The highest BCUT2D eigenvalue weighted by Gasteiger charge is 2.15. The van der Waals surface area contributed by atoms with Crippen LogP contribution in [0.5, 0.6) is 0 Å². The summed E-state index contributed by atoms with van der Waals surface area (Å²) in [7, 11) is -2.80. The molecule has 0 saturated heterocycles. The third-order valence-corrected chi connectivity index (χ3v) is 5.45. The molecule has 7 nitrogen and oxygen atoms in total. The van der Waals surface area contributed by atoms with E-state index in [0.29, 0.717) is 11.3 Å². The number of carbonyl (C=O) groups is 1. The van der Waals surface area contributed by atoms with Crippen LogP contribution < -0.4 is 10.0 Å². The number of rotatable bonds is 7. The predicted octanol–water partition coefficient (Wildman–Crippen LogP) is 2.60. The molecule has 12 heteroatoms. The molecule has 0 unspecified atom stereocenters. The van der Waals surface area contributed by atoms with E-state index in [9.17, 15) is 17.6 Å². The fourth-order valence-corrected chi connectivity index (χ4v) is 3.48. The lowest BCUT2D eigenvalue weighted by molar-refractivity contribution is -0.118. The largest absolute Gasteiger partial charge is 0.336 e. The van der Waals surface area contributed by atoms with Crippen LogP contribution >= 0.6 is 34.5 Å². The minimum Gasteiger partial charge on any atom is -0.300 e. The maximum atomic E-state index is 13.2. The van der Waals surface area contributed by atoms with Crippen molar-refractivity contribution in [1.82, 2.24) is 9.71 Å². The summed E-state index contributed by atoms with van der Waals surface area (Å²) < 4.78 is 41.7. The fourth-order valence-electron chi connectivity index (χ4n) is 1.68. The molecule has 1 aromatic carbocycles. The Kier molecular flexibility index (Phi) is 6.72. The van der Waals surface area contributed by atoms with Crippen LogP contribution in [-0.2, 0) is 25.7 Å². The lowest BCUT2D eigenvalue weighted by Gasteiger charge is -2.03. The Morgan fingerprint density at radius 1 is 1.40 bits per heavy atom. The highest BCUT2D eigenvalue weighted by atomic mass is 35.5. The summed E-state index contributed by atoms with van der Waals surface area (Å²) in [5.74, 6) is -1.23. The molecular weight excluding hydrogens is 416 g/mol. The van der Waals surface area contributed by atoms with E-state index in [2.05, 4.69) is 14.5 Å². The van der Waals surface area contributed by atoms with Gasteiger partial charge in [0.2, 0.25) is 0 Å². The minimum atomic E-state index is -3.96. The number of nitrogens with one attached hydrogen (secondary N) is 2. The van der Waals surface area contributed by atoms with Gasteiger partial charge in [-0.1, -0.05) is 40.6 Å². The van der Waals surface area contributed by atoms with Crippen molar-refractivity contribution < 1.29 is 21.8 Å². The lowest BCUT2D eigenvalue weighted by atomic mass is 10.1. The second-order valence-electron chi connectivity index (χ2n) is 4.63. The van der Waals surface area contributed by atoms with E-state index in [-0.39, 0.29) is 15.3 Å². The molecule has 0 aliphatic rings. The molecule has 25 heavy (non-hydrogen) atoms. The topological polar surface area (TPSA) is 97.4 Å². The van der Waals surface area contributed by atoms with Crippen molar-refractivity contribution in [2.24, 2.45) is 0 Å². The van der Waals surface area contributed by atoms with Gasteiger partial charge in [-0.25, -0.2) is 13.6 Å². The highest BCUT2D eigenvalue weighted by molar-refractivity contribution is 7.84. The van der Waals surface area contributed by atoms with E-state index in [1.54, 1.807) is 6.07 Å². The first-order valence-corrected chi connectivity index (χ1v) is 9.65. The Hall–Kier alpha value is -1.30. The number of amides is 1. The van der Waals surface area contributed by atoms with Crippen molar-refractivity contribution in [2.75, 3.05) is 19.0 Å². The quantitative estimate of drug-likeness (QED) is 0.707. The van der Waals surface area contributed by atoms with E-state index in [4.69, 9.17) is 23.2 Å². The molecule has 0 spiro atoms. The molecule has 1 aromatic heterocycles. The zero-order valence-electron chi connectivity index (χ0n) is 12.7. The Morgan fingerprint density at radius 3 is 2.76 bits per heavy atom. The van der Waals surface area contributed by atoms with Crippen LogP contribution in [0, 0.1) is 5.82 Å². The summed E-state index contributed by atoms with van der Waals surface area (Å²) in [4.78, 5) is 16.3. The number of hydrogen-bond donors (Lipinski definition) is 2. The molecule has 0 aliphatic heterocycles. The van der Waals surface area contributed by atoms with E-state index in [0.717, 1.165) is 23.9 Å². The zero-order valence-corrected chi connectivity index (χ0v) is 15.8. The van der Waals surface area contributed by atoms with Crippen LogP contribution in [-0.4, -0.2) is 33.0 Å². The monoisotopic (exact) mass is 427 g/mol. The molecule has 2 aromatic rings. The minimum absolute atomic E-state index is 0.00504. The van der Waals surface area contributed by atoms with Crippen LogP contribution in [0.15, 0.2) is 18.2 Å². The highest BCUT2D eigenvalue weighted by Crippen LogP contribution is 2.30. The number of benzene rings is 1.